The highest BCUT2D eigenvalue weighted by molar-refractivity contribution is 6.31. The van der Waals surface area contributed by atoms with Gasteiger partial charge in [0.05, 0.1) is 6.42 Å². The van der Waals surface area contributed by atoms with Gasteiger partial charge in [-0.2, -0.15) is 0 Å². The molecule has 106 valence electrons. The summed E-state index contributed by atoms with van der Waals surface area (Å²) in [5, 5.41) is 4.65. The maximum Gasteiger partial charge on any atom is 0.224 e. The fourth-order valence-corrected chi connectivity index (χ4v) is 2.41. The zero-order chi connectivity index (χ0) is 14.9. The summed E-state index contributed by atoms with van der Waals surface area (Å²) in [6.07, 6.45) is 2.05. The number of amides is 1. The van der Waals surface area contributed by atoms with E-state index in [2.05, 4.69) is 16.9 Å². The minimum atomic E-state index is -0.235. The summed E-state index contributed by atoms with van der Waals surface area (Å²) >= 11 is 5.99. The van der Waals surface area contributed by atoms with Gasteiger partial charge >= 0.3 is 0 Å². The lowest BCUT2D eigenvalue weighted by Crippen LogP contribution is -2.41. The molecule has 3 nitrogen and oxygen atoms in total. The zero-order valence-corrected chi connectivity index (χ0v) is 12.8. The molecule has 1 heterocycles. The molecule has 0 aliphatic carbocycles. The van der Waals surface area contributed by atoms with Crippen LogP contribution in [0.15, 0.2) is 24.8 Å². The van der Waals surface area contributed by atoms with E-state index < -0.39 is 0 Å². The van der Waals surface area contributed by atoms with Crippen LogP contribution < -0.4 is 5.32 Å². The van der Waals surface area contributed by atoms with Gasteiger partial charge in [0.25, 0.3) is 0 Å². The van der Waals surface area contributed by atoms with Crippen molar-refractivity contribution in [2.45, 2.75) is 32.7 Å². The fourth-order valence-electron chi connectivity index (χ4n) is 2.24. The van der Waals surface area contributed by atoms with Crippen molar-refractivity contribution >= 4 is 34.5 Å². The summed E-state index contributed by atoms with van der Waals surface area (Å²) in [5.41, 5.74) is 2.51. The third-order valence-corrected chi connectivity index (χ3v) is 3.19. The molecule has 1 aromatic carbocycles. The van der Waals surface area contributed by atoms with E-state index >= 15 is 0 Å². The predicted octanol–water partition coefficient (Wildman–Crippen LogP) is 3.92. The Labute approximate surface area is 124 Å². The Kier molecular flexibility index (Phi) is 3.91. The van der Waals surface area contributed by atoms with Crippen LogP contribution in [0.2, 0.25) is 5.02 Å². The first-order valence-electron chi connectivity index (χ1n) is 6.54. The number of halogens is 1. The van der Waals surface area contributed by atoms with E-state index in [1.165, 1.54) is 0 Å². The van der Waals surface area contributed by atoms with Crippen LogP contribution in [0, 0.1) is 0 Å². The molecule has 4 heteroatoms. The number of carbonyl (C=O) groups excluding carboxylic acids is 1. The molecule has 0 saturated heterocycles. The molecule has 0 spiro atoms. The Morgan fingerprint density at radius 1 is 1.45 bits per heavy atom. The third-order valence-electron chi connectivity index (χ3n) is 2.96. The van der Waals surface area contributed by atoms with Crippen LogP contribution in [0.25, 0.3) is 17.0 Å². The molecule has 0 unspecified atom stereocenters. The van der Waals surface area contributed by atoms with Gasteiger partial charge in [-0.25, -0.2) is 0 Å². The molecule has 2 rings (SSSR count). The van der Waals surface area contributed by atoms with E-state index in [1.807, 2.05) is 39.0 Å². The van der Waals surface area contributed by atoms with Crippen LogP contribution in [0.3, 0.4) is 0 Å². The molecular weight excluding hydrogens is 272 g/mol. The highest BCUT2D eigenvalue weighted by atomic mass is 35.5. The Morgan fingerprint density at radius 3 is 2.75 bits per heavy atom. The topological polar surface area (TPSA) is 44.9 Å². The van der Waals surface area contributed by atoms with E-state index in [9.17, 15) is 4.79 Å². The number of benzene rings is 1. The molecule has 0 aliphatic rings. The van der Waals surface area contributed by atoms with Gasteiger partial charge in [-0.05, 0) is 44.5 Å². The molecular formula is C16H19ClN2O. The van der Waals surface area contributed by atoms with E-state index in [1.54, 1.807) is 6.08 Å². The lowest BCUT2D eigenvalue weighted by Gasteiger charge is -2.20. The van der Waals surface area contributed by atoms with Crippen LogP contribution in [0.4, 0.5) is 0 Å². The molecule has 0 atom stereocenters. The van der Waals surface area contributed by atoms with Gasteiger partial charge in [0.1, 0.15) is 0 Å². The average molecular weight is 291 g/mol. The normalized spacial score (nSPS) is 11.6. The highest BCUT2D eigenvalue weighted by Crippen LogP contribution is 2.26. The van der Waals surface area contributed by atoms with Crippen LogP contribution in [-0.2, 0) is 11.2 Å². The summed E-state index contributed by atoms with van der Waals surface area (Å²) in [7, 11) is 0. The van der Waals surface area contributed by atoms with Gasteiger partial charge < -0.3 is 10.3 Å². The maximum absolute atomic E-state index is 12.1. The highest BCUT2D eigenvalue weighted by Gasteiger charge is 2.17. The molecule has 2 aromatic rings. The average Bonchev–Trinajstić information content (AvgIpc) is 2.64. The number of carbonyl (C=O) groups is 1. The summed E-state index contributed by atoms with van der Waals surface area (Å²) < 4.78 is 0. The van der Waals surface area contributed by atoms with Crippen molar-refractivity contribution in [1.82, 2.24) is 10.3 Å². The van der Waals surface area contributed by atoms with E-state index in [4.69, 9.17) is 11.6 Å². The number of hydrogen-bond acceptors (Lipinski definition) is 1. The van der Waals surface area contributed by atoms with Crippen LogP contribution in [-0.4, -0.2) is 16.4 Å². The van der Waals surface area contributed by atoms with Crippen molar-refractivity contribution in [2.75, 3.05) is 0 Å². The molecule has 1 aromatic heterocycles. The van der Waals surface area contributed by atoms with Gasteiger partial charge in [0.15, 0.2) is 0 Å². The number of nitrogens with one attached hydrogen (secondary N) is 2. The first kappa shape index (κ1) is 14.7. The number of hydrogen-bond donors (Lipinski definition) is 2. The number of fused-ring (bicyclic) bond motifs is 1. The predicted molar refractivity (Wildman–Crippen MR) is 85.0 cm³/mol. The van der Waals surface area contributed by atoms with Crippen LogP contribution >= 0.6 is 11.6 Å². The Balaban J connectivity index is 2.38. The fraction of sp³-hybridized carbons (Fsp3) is 0.312. The summed E-state index contributed by atoms with van der Waals surface area (Å²) in [6, 6.07) is 5.62. The van der Waals surface area contributed by atoms with Crippen molar-refractivity contribution in [2.24, 2.45) is 0 Å². The van der Waals surface area contributed by atoms with Crippen molar-refractivity contribution in [3.8, 4) is 0 Å². The molecule has 0 aliphatic heterocycles. The first-order chi connectivity index (χ1) is 9.30. The standard InChI is InChI=1S/C16H19ClN2O/c1-5-13-12(9-15(20)19-16(2,3)4)11-7-6-10(17)8-14(11)18-13/h5-8,18H,1,9H2,2-4H3,(H,19,20). The van der Waals surface area contributed by atoms with E-state index in [-0.39, 0.29) is 11.4 Å². The summed E-state index contributed by atoms with van der Waals surface area (Å²) in [6.45, 7) is 9.69. The second-order valence-corrected chi connectivity index (χ2v) is 6.32. The number of H-pyrrole nitrogens is 1. The smallest absolute Gasteiger partial charge is 0.224 e. The number of aromatic nitrogens is 1. The van der Waals surface area contributed by atoms with E-state index in [0.29, 0.717) is 11.4 Å². The minimum absolute atomic E-state index is 0.00329. The van der Waals surface area contributed by atoms with E-state index in [0.717, 1.165) is 22.2 Å². The Morgan fingerprint density at radius 2 is 2.15 bits per heavy atom. The molecule has 0 saturated carbocycles. The maximum atomic E-state index is 12.1. The van der Waals surface area contributed by atoms with Crippen LogP contribution in [0.1, 0.15) is 32.0 Å². The molecule has 1 amide bonds. The third kappa shape index (κ3) is 3.23. The Bertz CT molecular complexity index is 665. The second kappa shape index (κ2) is 5.33. The van der Waals surface area contributed by atoms with Gasteiger partial charge in [-0.1, -0.05) is 24.2 Å². The van der Waals surface area contributed by atoms with Gasteiger partial charge in [0.2, 0.25) is 5.91 Å². The first-order valence-corrected chi connectivity index (χ1v) is 6.91. The Hall–Kier alpha value is -1.74. The number of aromatic amines is 1. The summed E-state index contributed by atoms with van der Waals surface area (Å²) in [4.78, 5) is 15.4. The molecule has 0 bridgehead atoms. The lowest BCUT2D eigenvalue weighted by atomic mass is 10.0. The number of rotatable bonds is 3. The lowest BCUT2D eigenvalue weighted by molar-refractivity contribution is -0.121. The largest absolute Gasteiger partial charge is 0.355 e. The van der Waals surface area contributed by atoms with Crippen molar-refractivity contribution in [3.05, 3.63) is 41.1 Å². The molecule has 20 heavy (non-hydrogen) atoms. The summed E-state index contributed by atoms with van der Waals surface area (Å²) in [5.74, 6) is -0.00329. The molecule has 2 N–H and O–H groups in total. The second-order valence-electron chi connectivity index (χ2n) is 5.89. The minimum Gasteiger partial charge on any atom is -0.355 e. The monoisotopic (exact) mass is 290 g/mol. The quantitative estimate of drug-likeness (QED) is 0.884. The van der Waals surface area contributed by atoms with Crippen LogP contribution in [0.5, 0.6) is 0 Å². The van der Waals surface area contributed by atoms with Gasteiger partial charge in [0, 0.05) is 27.2 Å². The SMILES string of the molecule is C=Cc1[nH]c2cc(Cl)ccc2c1CC(=O)NC(C)(C)C. The molecule has 0 fully saturated rings. The molecule has 0 radical (unpaired) electrons. The van der Waals surface area contributed by atoms with Crippen molar-refractivity contribution in [3.63, 3.8) is 0 Å². The van der Waals surface area contributed by atoms with Gasteiger partial charge in [-0.3, -0.25) is 4.79 Å². The van der Waals surface area contributed by atoms with Crippen molar-refractivity contribution in [1.29, 1.82) is 0 Å². The van der Waals surface area contributed by atoms with Crippen molar-refractivity contribution < 1.29 is 4.79 Å². The van der Waals surface area contributed by atoms with Gasteiger partial charge in [-0.15, -0.1) is 0 Å². The zero-order valence-electron chi connectivity index (χ0n) is 12.0.